The fourth-order valence-electron chi connectivity index (χ4n) is 2.27. The summed E-state index contributed by atoms with van der Waals surface area (Å²) in [4.78, 5) is 14.9. The number of aromatic nitrogens is 1. The molecule has 1 aromatic heterocycles. The molecule has 98 valence electrons. The first kappa shape index (κ1) is 12.8. The first-order valence-corrected chi connectivity index (χ1v) is 6.05. The summed E-state index contributed by atoms with van der Waals surface area (Å²) in [6.07, 6.45) is 4.64. The molecule has 1 aliphatic rings. The van der Waals surface area contributed by atoms with Crippen LogP contribution in [-0.2, 0) is 4.74 Å². The van der Waals surface area contributed by atoms with Crippen molar-refractivity contribution in [2.75, 3.05) is 0 Å². The van der Waals surface area contributed by atoms with E-state index in [2.05, 4.69) is 4.98 Å². The van der Waals surface area contributed by atoms with Gasteiger partial charge in [-0.1, -0.05) is 0 Å². The first-order chi connectivity index (χ1) is 8.56. The molecule has 18 heavy (non-hydrogen) atoms. The molecule has 2 unspecified atom stereocenters. The van der Waals surface area contributed by atoms with Crippen molar-refractivity contribution in [3.05, 3.63) is 24.0 Å². The van der Waals surface area contributed by atoms with Gasteiger partial charge in [0, 0.05) is 25.2 Å². The van der Waals surface area contributed by atoms with Gasteiger partial charge in [0.15, 0.2) is 0 Å². The third-order valence-electron chi connectivity index (χ3n) is 2.96. The van der Waals surface area contributed by atoms with E-state index in [1.165, 1.54) is 12.4 Å². The molecule has 2 atom stereocenters. The van der Waals surface area contributed by atoms with Gasteiger partial charge in [-0.05, 0) is 19.9 Å². The lowest BCUT2D eigenvalue weighted by atomic mass is 10.0. The van der Waals surface area contributed by atoms with E-state index in [0.29, 0.717) is 5.75 Å². The number of pyridine rings is 1. The maximum Gasteiger partial charge on any atom is 0.341 e. The SMILES string of the molecule is CC1CC(Oc2ccncc2C(=O)O)CC(C)O1. The monoisotopic (exact) mass is 251 g/mol. The minimum absolute atomic E-state index is 0.00995. The summed E-state index contributed by atoms with van der Waals surface area (Å²) in [7, 11) is 0. The van der Waals surface area contributed by atoms with Crippen molar-refractivity contribution in [1.29, 1.82) is 0 Å². The number of hydrogen-bond acceptors (Lipinski definition) is 4. The minimum Gasteiger partial charge on any atom is -0.489 e. The Labute approximate surface area is 106 Å². The van der Waals surface area contributed by atoms with E-state index in [-0.39, 0.29) is 23.9 Å². The lowest BCUT2D eigenvalue weighted by molar-refractivity contribution is -0.0722. The van der Waals surface area contributed by atoms with E-state index in [0.717, 1.165) is 12.8 Å². The van der Waals surface area contributed by atoms with Crippen molar-refractivity contribution in [1.82, 2.24) is 4.98 Å². The molecule has 5 nitrogen and oxygen atoms in total. The van der Waals surface area contributed by atoms with Gasteiger partial charge >= 0.3 is 5.97 Å². The number of ether oxygens (including phenoxy) is 2. The fourth-order valence-corrected chi connectivity index (χ4v) is 2.27. The lowest BCUT2D eigenvalue weighted by Crippen LogP contribution is -2.36. The molecule has 0 amide bonds. The van der Waals surface area contributed by atoms with Crippen LogP contribution in [0.2, 0.25) is 0 Å². The van der Waals surface area contributed by atoms with Crippen molar-refractivity contribution < 1.29 is 19.4 Å². The normalized spacial score (nSPS) is 27.8. The van der Waals surface area contributed by atoms with Gasteiger partial charge in [0.05, 0.1) is 12.2 Å². The van der Waals surface area contributed by atoms with E-state index in [1.807, 2.05) is 13.8 Å². The van der Waals surface area contributed by atoms with E-state index < -0.39 is 5.97 Å². The number of carboxylic acid groups (broad SMARTS) is 1. The van der Waals surface area contributed by atoms with Crippen LogP contribution in [0.4, 0.5) is 0 Å². The second-order valence-electron chi connectivity index (χ2n) is 4.65. The fraction of sp³-hybridized carbons (Fsp3) is 0.538. The quantitative estimate of drug-likeness (QED) is 0.891. The molecule has 1 fully saturated rings. The average molecular weight is 251 g/mol. The summed E-state index contributed by atoms with van der Waals surface area (Å²) < 4.78 is 11.4. The second kappa shape index (κ2) is 5.35. The van der Waals surface area contributed by atoms with Crippen LogP contribution < -0.4 is 4.74 Å². The number of aromatic carboxylic acids is 1. The Kier molecular flexibility index (Phi) is 3.81. The molecule has 1 N–H and O–H groups in total. The summed E-state index contributed by atoms with van der Waals surface area (Å²) in [5.74, 6) is -0.643. The molecular formula is C13H17NO4. The number of hydrogen-bond donors (Lipinski definition) is 1. The predicted molar refractivity (Wildman–Crippen MR) is 64.9 cm³/mol. The summed E-state index contributed by atoms with van der Waals surface area (Å²) in [5, 5.41) is 9.05. The molecule has 1 aromatic rings. The highest BCUT2D eigenvalue weighted by molar-refractivity contribution is 5.90. The van der Waals surface area contributed by atoms with Crippen LogP contribution in [-0.4, -0.2) is 34.4 Å². The highest BCUT2D eigenvalue weighted by Crippen LogP contribution is 2.26. The van der Waals surface area contributed by atoms with E-state index >= 15 is 0 Å². The van der Waals surface area contributed by atoms with Gasteiger partial charge in [0.2, 0.25) is 0 Å². The molecule has 5 heteroatoms. The smallest absolute Gasteiger partial charge is 0.341 e. The van der Waals surface area contributed by atoms with Crippen molar-refractivity contribution in [2.45, 2.75) is 45.0 Å². The Morgan fingerprint density at radius 3 is 2.72 bits per heavy atom. The summed E-state index contributed by atoms with van der Waals surface area (Å²) in [6.45, 7) is 3.99. The van der Waals surface area contributed by atoms with Gasteiger partial charge in [-0.25, -0.2) is 4.79 Å². The standard InChI is InChI=1S/C13H17NO4/c1-8-5-10(6-9(2)17-8)18-12-3-4-14-7-11(12)13(15)16/h3-4,7-10H,5-6H2,1-2H3,(H,15,16). The Hall–Kier alpha value is -1.62. The van der Waals surface area contributed by atoms with Crippen LogP contribution in [0.5, 0.6) is 5.75 Å². The largest absolute Gasteiger partial charge is 0.489 e. The van der Waals surface area contributed by atoms with Crippen LogP contribution in [0.25, 0.3) is 0 Å². The van der Waals surface area contributed by atoms with Crippen LogP contribution in [0.1, 0.15) is 37.0 Å². The zero-order chi connectivity index (χ0) is 13.1. The maximum absolute atomic E-state index is 11.0. The molecule has 2 heterocycles. The van der Waals surface area contributed by atoms with E-state index in [9.17, 15) is 4.79 Å². The van der Waals surface area contributed by atoms with Gasteiger partial charge in [-0.3, -0.25) is 4.98 Å². The van der Waals surface area contributed by atoms with Crippen molar-refractivity contribution in [3.8, 4) is 5.75 Å². The Morgan fingerprint density at radius 2 is 2.11 bits per heavy atom. The third-order valence-corrected chi connectivity index (χ3v) is 2.96. The van der Waals surface area contributed by atoms with Gasteiger partial charge in [0.25, 0.3) is 0 Å². The van der Waals surface area contributed by atoms with Crippen LogP contribution in [0.3, 0.4) is 0 Å². The molecule has 0 saturated carbocycles. The lowest BCUT2D eigenvalue weighted by Gasteiger charge is -2.32. The number of carbonyl (C=O) groups is 1. The van der Waals surface area contributed by atoms with E-state index in [4.69, 9.17) is 14.6 Å². The van der Waals surface area contributed by atoms with Gasteiger partial charge in [-0.2, -0.15) is 0 Å². The molecule has 0 bridgehead atoms. The predicted octanol–water partition coefficient (Wildman–Crippen LogP) is 2.11. The van der Waals surface area contributed by atoms with Crippen LogP contribution in [0, 0.1) is 0 Å². The zero-order valence-electron chi connectivity index (χ0n) is 10.5. The van der Waals surface area contributed by atoms with Crippen LogP contribution >= 0.6 is 0 Å². The minimum atomic E-state index is -1.02. The van der Waals surface area contributed by atoms with E-state index in [1.54, 1.807) is 6.07 Å². The molecule has 0 aromatic carbocycles. The van der Waals surface area contributed by atoms with Crippen molar-refractivity contribution in [3.63, 3.8) is 0 Å². The van der Waals surface area contributed by atoms with Crippen molar-refractivity contribution >= 4 is 5.97 Å². The van der Waals surface area contributed by atoms with Gasteiger partial charge in [-0.15, -0.1) is 0 Å². The number of nitrogens with zero attached hydrogens (tertiary/aromatic N) is 1. The highest BCUT2D eigenvalue weighted by Gasteiger charge is 2.26. The van der Waals surface area contributed by atoms with Crippen molar-refractivity contribution in [2.24, 2.45) is 0 Å². The third kappa shape index (κ3) is 2.98. The molecule has 1 saturated heterocycles. The molecule has 0 aliphatic carbocycles. The Morgan fingerprint density at radius 1 is 1.44 bits per heavy atom. The number of carboxylic acids is 1. The molecule has 2 rings (SSSR count). The Bertz CT molecular complexity index is 425. The summed E-state index contributed by atoms with van der Waals surface area (Å²) in [6, 6.07) is 1.59. The van der Waals surface area contributed by atoms with Gasteiger partial charge < -0.3 is 14.6 Å². The molecule has 0 radical (unpaired) electrons. The topological polar surface area (TPSA) is 68.7 Å². The highest BCUT2D eigenvalue weighted by atomic mass is 16.5. The first-order valence-electron chi connectivity index (χ1n) is 6.05. The summed E-state index contributed by atoms with van der Waals surface area (Å²) >= 11 is 0. The maximum atomic E-state index is 11.0. The molecule has 0 spiro atoms. The molecule has 1 aliphatic heterocycles. The van der Waals surface area contributed by atoms with Crippen LogP contribution in [0.15, 0.2) is 18.5 Å². The van der Waals surface area contributed by atoms with Gasteiger partial charge in [0.1, 0.15) is 17.4 Å². The second-order valence-corrected chi connectivity index (χ2v) is 4.65. The molecular weight excluding hydrogens is 234 g/mol. The average Bonchev–Trinajstić information content (AvgIpc) is 2.27. The summed E-state index contributed by atoms with van der Waals surface area (Å²) in [5.41, 5.74) is 0.101. The number of rotatable bonds is 3. The Balaban J connectivity index is 2.11. The zero-order valence-corrected chi connectivity index (χ0v) is 10.5.